The molecule has 1 spiro atoms. The van der Waals surface area contributed by atoms with Crippen molar-refractivity contribution in [1.82, 2.24) is 0 Å². The Kier molecular flexibility index (Phi) is 3.94. The topological polar surface area (TPSA) is 96.2 Å². The number of carbonyl (C=O) groups is 1. The molecule has 0 aromatic rings. The monoisotopic (exact) mass is 380 g/mol. The summed E-state index contributed by atoms with van der Waals surface area (Å²) >= 11 is 0. The minimum absolute atomic E-state index is 0.0435. The highest BCUT2D eigenvalue weighted by molar-refractivity contribution is 5.88. The van der Waals surface area contributed by atoms with E-state index in [0.717, 1.165) is 19.3 Å². The summed E-state index contributed by atoms with van der Waals surface area (Å²) in [4.78, 5) is 12.6. The predicted octanol–water partition coefficient (Wildman–Crippen LogP) is 1.25. The first kappa shape index (κ1) is 18.5. The Bertz CT molecular complexity index is 645. The van der Waals surface area contributed by atoms with Crippen molar-refractivity contribution < 1.29 is 29.6 Å². The third-order valence-corrected chi connectivity index (χ3v) is 9.32. The lowest BCUT2D eigenvalue weighted by Crippen LogP contribution is -2.64. The summed E-state index contributed by atoms with van der Waals surface area (Å²) < 4.78 is 11.9. The van der Waals surface area contributed by atoms with Gasteiger partial charge < -0.3 is 24.8 Å². The molecule has 152 valence electrons. The zero-order valence-corrected chi connectivity index (χ0v) is 16.3. The van der Waals surface area contributed by atoms with Crippen LogP contribution in [0.25, 0.3) is 0 Å². The first-order valence-electron chi connectivity index (χ1n) is 10.6. The van der Waals surface area contributed by atoms with E-state index in [1.54, 1.807) is 6.92 Å². The van der Waals surface area contributed by atoms with Crippen LogP contribution in [-0.4, -0.2) is 58.4 Å². The Morgan fingerprint density at radius 2 is 1.70 bits per heavy atom. The molecule has 6 nitrogen and oxygen atoms in total. The number of carbonyl (C=O) groups excluding carboxylic acids is 1. The van der Waals surface area contributed by atoms with Crippen LogP contribution in [0.5, 0.6) is 0 Å². The number of Topliss-reactive ketones (excluding diaryl/α,β-unsaturated/α-hetero) is 1. The molecule has 5 aliphatic rings. The fourth-order valence-corrected chi connectivity index (χ4v) is 7.72. The predicted molar refractivity (Wildman–Crippen MR) is 95.5 cm³/mol. The minimum atomic E-state index is -0.932. The minimum Gasteiger partial charge on any atom is -0.393 e. The van der Waals surface area contributed by atoms with Crippen LogP contribution < -0.4 is 0 Å². The first-order chi connectivity index (χ1) is 12.7. The Hall–Kier alpha value is -0.530. The molecular weight excluding hydrogens is 348 g/mol. The SMILES string of the molecule is C[C@]12CCC3(C[C@@H]1C[C@@H](O)[C@H]1[C@H]4[C@@H](O)CC(=O)[C@]4(C)[C@H](O)C[C@H]12)OCCO3. The standard InChI is InChI=1S/C21H32O6/c1-19-3-4-21(26-5-6-27-21)10-11(19)7-13(22)17-12(19)8-15(24)20(2)16(25)9-14(23)18(17)20/h11-15,17-18,22-24H,3-10H2,1-2H3/t11-,12+,13+,14-,15+,17-,18+,19-,20-/m0/s1. The summed E-state index contributed by atoms with van der Waals surface area (Å²) in [7, 11) is 0. The number of rotatable bonds is 0. The molecule has 1 heterocycles. The van der Waals surface area contributed by atoms with E-state index >= 15 is 0 Å². The molecule has 27 heavy (non-hydrogen) atoms. The summed E-state index contributed by atoms with van der Waals surface area (Å²) in [6.07, 6.45) is 1.71. The largest absolute Gasteiger partial charge is 0.393 e. The van der Waals surface area contributed by atoms with Crippen LogP contribution in [-0.2, 0) is 14.3 Å². The number of aliphatic hydroxyl groups is 3. The van der Waals surface area contributed by atoms with Gasteiger partial charge in [0.25, 0.3) is 0 Å². The molecule has 0 bridgehead atoms. The molecule has 0 radical (unpaired) electrons. The van der Waals surface area contributed by atoms with Crippen molar-refractivity contribution in [2.45, 2.75) is 76.5 Å². The Balaban J connectivity index is 1.51. The molecule has 4 saturated carbocycles. The van der Waals surface area contributed by atoms with E-state index in [9.17, 15) is 20.1 Å². The third kappa shape index (κ3) is 2.28. The Morgan fingerprint density at radius 3 is 2.41 bits per heavy atom. The highest BCUT2D eigenvalue weighted by atomic mass is 16.7. The van der Waals surface area contributed by atoms with Gasteiger partial charge in [-0.3, -0.25) is 4.79 Å². The molecule has 0 aromatic heterocycles. The summed E-state index contributed by atoms with van der Waals surface area (Å²) in [5.41, 5.74) is -0.976. The second-order valence-corrected chi connectivity index (χ2v) is 10.3. The molecule has 4 aliphatic carbocycles. The number of hydrogen-bond donors (Lipinski definition) is 3. The summed E-state index contributed by atoms with van der Waals surface area (Å²) in [5, 5.41) is 32.9. The van der Waals surface area contributed by atoms with Gasteiger partial charge in [-0.05, 0) is 49.4 Å². The molecule has 1 saturated heterocycles. The van der Waals surface area contributed by atoms with Crippen LogP contribution in [0.2, 0.25) is 0 Å². The molecule has 5 rings (SSSR count). The van der Waals surface area contributed by atoms with Gasteiger partial charge in [0.1, 0.15) is 5.78 Å². The van der Waals surface area contributed by atoms with Crippen molar-refractivity contribution >= 4 is 5.78 Å². The lowest BCUT2D eigenvalue weighted by Gasteiger charge is -2.63. The Morgan fingerprint density at radius 1 is 1.00 bits per heavy atom. The molecule has 5 fully saturated rings. The van der Waals surface area contributed by atoms with E-state index in [1.165, 1.54) is 0 Å². The lowest BCUT2D eigenvalue weighted by atomic mass is 9.43. The van der Waals surface area contributed by atoms with Gasteiger partial charge in [-0.1, -0.05) is 6.92 Å². The van der Waals surface area contributed by atoms with E-state index in [4.69, 9.17) is 9.47 Å². The molecule has 0 aromatic carbocycles. The van der Waals surface area contributed by atoms with Crippen molar-refractivity contribution in [3.8, 4) is 0 Å². The van der Waals surface area contributed by atoms with E-state index in [2.05, 4.69) is 6.92 Å². The molecular formula is C21H32O6. The van der Waals surface area contributed by atoms with Crippen LogP contribution in [0.4, 0.5) is 0 Å². The van der Waals surface area contributed by atoms with Gasteiger partial charge in [-0.15, -0.1) is 0 Å². The first-order valence-corrected chi connectivity index (χ1v) is 10.6. The quantitative estimate of drug-likeness (QED) is 0.585. The zero-order chi connectivity index (χ0) is 19.2. The van der Waals surface area contributed by atoms with E-state index in [1.807, 2.05) is 0 Å². The molecule has 3 N–H and O–H groups in total. The van der Waals surface area contributed by atoms with E-state index in [0.29, 0.717) is 26.1 Å². The maximum Gasteiger partial charge on any atom is 0.168 e. The molecule has 0 unspecified atom stereocenters. The van der Waals surface area contributed by atoms with Crippen molar-refractivity contribution in [3.63, 3.8) is 0 Å². The molecule has 9 atom stereocenters. The Labute approximate surface area is 160 Å². The highest BCUT2D eigenvalue weighted by Crippen LogP contribution is 2.66. The number of ketones is 1. The van der Waals surface area contributed by atoms with Crippen molar-refractivity contribution in [3.05, 3.63) is 0 Å². The van der Waals surface area contributed by atoms with Gasteiger partial charge >= 0.3 is 0 Å². The number of hydrogen-bond acceptors (Lipinski definition) is 6. The number of aliphatic hydroxyl groups excluding tert-OH is 3. The van der Waals surface area contributed by atoms with E-state index in [-0.39, 0.29) is 41.3 Å². The zero-order valence-electron chi connectivity index (χ0n) is 16.3. The maximum atomic E-state index is 12.6. The van der Waals surface area contributed by atoms with Gasteiger partial charge in [-0.2, -0.15) is 0 Å². The van der Waals surface area contributed by atoms with Crippen LogP contribution in [0.3, 0.4) is 0 Å². The maximum absolute atomic E-state index is 12.6. The third-order valence-electron chi connectivity index (χ3n) is 9.32. The van der Waals surface area contributed by atoms with Crippen LogP contribution in [0, 0.1) is 34.5 Å². The fourth-order valence-electron chi connectivity index (χ4n) is 7.72. The average molecular weight is 380 g/mol. The number of ether oxygens (including phenoxy) is 2. The van der Waals surface area contributed by atoms with Gasteiger partial charge in [-0.25, -0.2) is 0 Å². The van der Waals surface area contributed by atoms with Crippen molar-refractivity contribution in [2.24, 2.45) is 34.5 Å². The van der Waals surface area contributed by atoms with E-state index < -0.39 is 29.5 Å². The van der Waals surface area contributed by atoms with Crippen molar-refractivity contribution in [1.29, 1.82) is 0 Å². The van der Waals surface area contributed by atoms with Crippen LogP contribution in [0.15, 0.2) is 0 Å². The molecule has 1 aliphatic heterocycles. The highest BCUT2D eigenvalue weighted by Gasteiger charge is 2.68. The second kappa shape index (κ2) is 5.76. The summed E-state index contributed by atoms with van der Waals surface area (Å²) in [5.74, 6) is -0.700. The van der Waals surface area contributed by atoms with Gasteiger partial charge in [0, 0.05) is 25.2 Å². The van der Waals surface area contributed by atoms with Crippen molar-refractivity contribution in [2.75, 3.05) is 13.2 Å². The smallest absolute Gasteiger partial charge is 0.168 e. The van der Waals surface area contributed by atoms with Gasteiger partial charge in [0.05, 0.1) is 36.9 Å². The summed E-state index contributed by atoms with van der Waals surface area (Å²) in [6, 6.07) is 0. The fraction of sp³-hybridized carbons (Fsp3) is 0.952. The number of fused-ring (bicyclic) bond motifs is 5. The average Bonchev–Trinajstić information content (AvgIpc) is 3.15. The lowest BCUT2D eigenvalue weighted by molar-refractivity contribution is -0.252. The van der Waals surface area contributed by atoms with Gasteiger partial charge in [0.15, 0.2) is 5.79 Å². The molecule has 6 heteroatoms. The second-order valence-electron chi connectivity index (χ2n) is 10.3. The van der Waals surface area contributed by atoms with Crippen LogP contribution >= 0.6 is 0 Å². The van der Waals surface area contributed by atoms with Gasteiger partial charge in [0.2, 0.25) is 0 Å². The summed E-state index contributed by atoms with van der Waals surface area (Å²) in [6.45, 7) is 5.34. The van der Waals surface area contributed by atoms with Crippen LogP contribution in [0.1, 0.15) is 52.4 Å². The molecule has 0 amide bonds. The normalized spacial score (nSPS) is 56.6.